The molecule has 2 rings (SSSR count). The maximum absolute atomic E-state index is 7.89. The van der Waals surface area contributed by atoms with Gasteiger partial charge >= 0.3 is 0 Å². The van der Waals surface area contributed by atoms with Crippen LogP contribution in [0.3, 0.4) is 0 Å². The largest absolute Gasteiger partial charge is 0.399 e. The smallest absolute Gasteiger partial charge is 0.0629 e. The van der Waals surface area contributed by atoms with Gasteiger partial charge in [-0.05, 0) is 35.7 Å². The van der Waals surface area contributed by atoms with Crippen molar-refractivity contribution in [3.8, 4) is 11.1 Å². The molecule has 0 saturated heterocycles. The molecule has 14 heavy (non-hydrogen) atoms. The van der Waals surface area contributed by atoms with Crippen LogP contribution in [0, 0.1) is 6.92 Å². The van der Waals surface area contributed by atoms with E-state index in [4.69, 9.17) is 12.6 Å². The van der Waals surface area contributed by atoms with Gasteiger partial charge in [-0.25, -0.2) is 0 Å². The standard InChI is InChI=1S/C13H13N/c1-10-9-12(7-8-13(10)14)11-5-3-2-4-6-11/h2-9H,14H2,1H3/i2D,3D,4D,5D,6D. The number of hydrogen-bond donors (Lipinski definition) is 1. The number of benzene rings is 2. The zero-order valence-electron chi connectivity index (χ0n) is 12.8. The zero-order chi connectivity index (χ0) is 14.3. The Morgan fingerprint density at radius 2 is 1.79 bits per heavy atom. The van der Waals surface area contributed by atoms with Crippen LogP contribution in [-0.2, 0) is 0 Å². The second-order valence-corrected chi connectivity index (χ2v) is 3.07. The summed E-state index contributed by atoms with van der Waals surface area (Å²) in [5.74, 6) is 0. The SMILES string of the molecule is [2H]c1c([2H])c([2H])c(-c2ccc(N)c(C)c2)c([2H])c1[2H]. The summed E-state index contributed by atoms with van der Waals surface area (Å²) >= 11 is 0. The van der Waals surface area contributed by atoms with Crippen molar-refractivity contribution in [3.63, 3.8) is 0 Å². The van der Waals surface area contributed by atoms with Crippen LogP contribution in [0.4, 0.5) is 5.69 Å². The maximum atomic E-state index is 7.89. The third-order valence-electron chi connectivity index (χ3n) is 2.06. The Labute approximate surface area is 91.2 Å². The van der Waals surface area contributed by atoms with Gasteiger partial charge in [-0.2, -0.15) is 0 Å². The molecule has 0 fully saturated rings. The van der Waals surface area contributed by atoms with Gasteiger partial charge in [0, 0.05) is 5.69 Å². The van der Waals surface area contributed by atoms with Crippen molar-refractivity contribution in [2.45, 2.75) is 6.92 Å². The van der Waals surface area contributed by atoms with Gasteiger partial charge in [0.05, 0.1) is 6.85 Å². The molecular formula is C13H13N. The van der Waals surface area contributed by atoms with Crippen LogP contribution in [-0.4, -0.2) is 0 Å². The maximum Gasteiger partial charge on any atom is 0.0629 e. The first kappa shape index (κ1) is 4.65. The first-order valence-corrected chi connectivity index (χ1v) is 4.28. The fraction of sp³-hybridized carbons (Fsp3) is 0.0769. The molecule has 0 saturated carbocycles. The van der Waals surface area contributed by atoms with Gasteiger partial charge in [0.15, 0.2) is 0 Å². The minimum absolute atomic E-state index is 0.199. The Kier molecular flexibility index (Phi) is 1.18. The molecule has 0 aliphatic carbocycles. The highest BCUT2D eigenvalue weighted by atomic mass is 14.5. The van der Waals surface area contributed by atoms with Crippen LogP contribution in [0.1, 0.15) is 12.4 Å². The lowest BCUT2D eigenvalue weighted by molar-refractivity contribution is 1.46. The molecule has 2 aromatic rings. The van der Waals surface area contributed by atoms with Gasteiger partial charge in [-0.1, -0.05) is 36.3 Å². The molecular weight excluding hydrogens is 170 g/mol. The van der Waals surface area contributed by atoms with Crippen molar-refractivity contribution < 1.29 is 6.85 Å². The first-order valence-electron chi connectivity index (χ1n) is 6.78. The van der Waals surface area contributed by atoms with E-state index in [1.165, 1.54) is 0 Å². The van der Waals surface area contributed by atoms with Crippen molar-refractivity contribution in [1.29, 1.82) is 0 Å². The average molecular weight is 188 g/mol. The van der Waals surface area contributed by atoms with Crippen LogP contribution in [0.5, 0.6) is 0 Å². The highest BCUT2D eigenvalue weighted by Gasteiger charge is 1.98. The van der Waals surface area contributed by atoms with E-state index >= 15 is 0 Å². The lowest BCUT2D eigenvalue weighted by atomic mass is 10.0. The molecule has 0 radical (unpaired) electrons. The summed E-state index contributed by atoms with van der Waals surface area (Å²) in [5, 5.41) is 0. The molecule has 0 amide bonds. The van der Waals surface area contributed by atoms with Gasteiger partial charge in [0.2, 0.25) is 0 Å². The summed E-state index contributed by atoms with van der Waals surface area (Å²) in [4.78, 5) is 0. The monoisotopic (exact) mass is 188 g/mol. The summed E-state index contributed by atoms with van der Waals surface area (Å²) in [6.07, 6.45) is 0. The van der Waals surface area contributed by atoms with E-state index in [0.29, 0.717) is 11.3 Å². The van der Waals surface area contributed by atoms with Crippen molar-refractivity contribution in [2.24, 2.45) is 0 Å². The normalized spacial score (nSPS) is 15.1. The van der Waals surface area contributed by atoms with Gasteiger partial charge in [0.25, 0.3) is 0 Å². The van der Waals surface area contributed by atoms with Crippen LogP contribution in [0.25, 0.3) is 11.1 Å². The predicted octanol–water partition coefficient (Wildman–Crippen LogP) is 3.24. The lowest BCUT2D eigenvalue weighted by Gasteiger charge is -2.04. The van der Waals surface area contributed by atoms with Crippen LogP contribution < -0.4 is 5.73 Å². The van der Waals surface area contributed by atoms with E-state index in [1.54, 1.807) is 18.2 Å². The Bertz CT molecular complexity index is 638. The molecule has 1 heteroatoms. The highest BCUT2D eigenvalue weighted by molar-refractivity contribution is 5.67. The molecule has 0 aliphatic rings. The summed E-state index contributed by atoms with van der Waals surface area (Å²) in [6.45, 7) is 1.81. The molecule has 0 atom stereocenters. The Hall–Kier alpha value is -1.76. The molecule has 70 valence electrons. The zero-order valence-corrected chi connectivity index (χ0v) is 7.81. The number of hydrogen-bond acceptors (Lipinski definition) is 1. The van der Waals surface area contributed by atoms with Gasteiger partial charge in [0.1, 0.15) is 0 Å². The molecule has 0 heterocycles. The average Bonchev–Trinajstić information content (AvgIpc) is 2.38. The Balaban J connectivity index is 2.79. The van der Waals surface area contributed by atoms with Gasteiger partial charge in [-0.3, -0.25) is 0 Å². The lowest BCUT2D eigenvalue weighted by Crippen LogP contribution is -1.89. The summed E-state index contributed by atoms with van der Waals surface area (Å²) in [7, 11) is 0. The topological polar surface area (TPSA) is 26.0 Å². The van der Waals surface area contributed by atoms with Crippen LogP contribution >= 0.6 is 0 Å². The molecule has 2 aromatic carbocycles. The van der Waals surface area contributed by atoms with Gasteiger partial charge < -0.3 is 5.73 Å². The van der Waals surface area contributed by atoms with E-state index in [9.17, 15) is 0 Å². The van der Waals surface area contributed by atoms with Crippen LogP contribution in [0.15, 0.2) is 48.4 Å². The third-order valence-corrected chi connectivity index (χ3v) is 2.06. The van der Waals surface area contributed by atoms with Crippen molar-refractivity contribution in [2.75, 3.05) is 5.73 Å². The minimum atomic E-state index is -0.383. The quantitative estimate of drug-likeness (QED) is 0.683. The fourth-order valence-corrected chi connectivity index (χ4v) is 1.23. The summed E-state index contributed by atoms with van der Waals surface area (Å²) in [5.41, 5.74) is 7.92. The number of nitrogen functional groups attached to an aromatic ring is 1. The predicted molar refractivity (Wildman–Crippen MR) is 61.0 cm³/mol. The second-order valence-electron chi connectivity index (χ2n) is 3.07. The second kappa shape index (κ2) is 3.54. The summed E-state index contributed by atoms with van der Waals surface area (Å²) in [6, 6.07) is 3.62. The molecule has 0 aromatic heterocycles. The van der Waals surface area contributed by atoms with Crippen molar-refractivity contribution >= 4 is 5.69 Å². The van der Waals surface area contributed by atoms with E-state index < -0.39 is 0 Å². The number of nitrogens with two attached hydrogens (primary N) is 1. The molecule has 2 N–H and O–H groups in total. The Morgan fingerprint density at radius 3 is 2.43 bits per heavy atom. The van der Waals surface area contributed by atoms with E-state index in [2.05, 4.69) is 0 Å². The number of rotatable bonds is 1. The number of anilines is 1. The first-order chi connectivity index (χ1) is 8.84. The highest BCUT2D eigenvalue weighted by Crippen LogP contribution is 2.22. The molecule has 0 aliphatic heterocycles. The van der Waals surface area contributed by atoms with Gasteiger partial charge in [-0.15, -0.1) is 0 Å². The minimum Gasteiger partial charge on any atom is -0.399 e. The van der Waals surface area contributed by atoms with Crippen molar-refractivity contribution in [3.05, 3.63) is 54.0 Å². The number of aryl methyl sites for hydroxylation is 1. The van der Waals surface area contributed by atoms with E-state index in [0.717, 1.165) is 5.56 Å². The van der Waals surface area contributed by atoms with E-state index in [-0.39, 0.29) is 35.8 Å². The third kappa shape index (κ3) is 1.62. The molecule has 0 bridgehead atoms. The molecule has 1 nitrogen and oxygen atoms in total. The van der Waals surface area contributed by atoms with Crippen LogP contribution in [0.2, 0.25) is 0 Å². The Morgan fingerprint density at radius 1 is 1.07 bits per heavy atom. The van der Waals surface area contributed by atoms with Crippen molar-refractivity contribution in [1.82, 2.24) is 0 Å². The van der Waals surface area contributed by atoms with E-state index in [1.807, 2.05) is 6.92 Å². The molecule has 0 spiro atoms. The summed E-state index contributed by atoms with van der Waals surface area (Å²) < 4.78 is 38.6. The molecule has 0 unspecified atom stereocenters. The fourth-order valence-electron chi connectivity index (χ4n) is 1.23.